The number of nitrogens with zero attached hydrogens (tertiary/aromatic N) is 2. The first kappa shape index (κ1) is 24.7. The lowest BCUT2D eigenvalue weighted by molar-refractivity contribution is -0.139. The standard InChI is InChI=1S/C22H28ClN3O4S/c1-15-6-7-16(2)20(12-15)26(31(5,29)30)14-21(27)25(17(3)22(28)24-4)13-18-8-10-19(23)11-9-18/h6-12,17H,13-14H2,1-5H3,(H,24,28). The van der Waals surface area contributed by atoms with Crippen molar-refractivity contribution in [1.29, 1.82) is 0 Å². The zero-order valence-electron chi connectivity index (χ0n) is 18.3. The number of likely N-dealkylation sites (N-methyl/N-ethyl adjacent to an activating group) is 1. The molecular formula is C22H28ClN3O4S. The summed E-state index contributed by atoms with van der Waals surface area (Å²) in [5, 5.41) is 3.10. The Bertz CT molecular complexity index is 1050. The summed E-state index contributed by atoms with van der Waals surface area (Å²) in [6.45, 7) is 4.96. The Morgan fingerprint density at radius 2 is 1.71 bits per heavy atom. The van der Waals surface area contributed by atoms with E-state index in [1.54, 1.807) is 44.2 Å². The Kier molecular flexibility index (Phi) is 8.08. The van der Waals surface area contributed by atoms with Crippen molar-refractivity contribution in [2.75, 3.05) is 24.2 Å². The minimum atomic E-state index is -3.75. The summed E-state index contributed by atoms with van der Waals surface area (Å²) in [5.74, 6) is -0.836. The van der Waals surface area contributed by atoms with Gasteiger partial charge in [0.25, 0.3) is 0 Å². The van der Waals surface area contributed by atoms with Crippen molar-refractivity contribution in [1.82, 2.24) is 10.2 Å². The van der Waals surface area contributed by atoms with Gasteiger partial charge in [-0.2, -0.15) is 0 Å². The van der Waals surface area contributed by atoms with Gasteiger partial charge in [-0.15, -0.1) is 0 Å². The number of hydrogen-bond donors (Lipinski definition) is 1. The molecule has 0 aliphatic carbocycles. The zero-order valence-corrected chi connectivity index (χ0v) is 19.9. The summed E-state index contributed by atoms with van der Waals surface area (Å²) in [6.07, 6.45) is 1.06. The molecule has 0 saturated carbocycles. The van der Waals surface area contributed by atoms with E-state index in [2.05, 4.69) is 5.32 Å². The zero-order chi connectivity index (χ0) is 23.3. The molecule has 0 bridgehead atoms. The predicted molar refractivity (Wildman–Crippen MR) is 124 cm³/mol. The van der Waals surface area contributed by atoms with Crippen molar-refractivity contribution < 1.29 is 18.0 Å². The molecule has 0 aromatic heterocycles. The molecule has 2 aromatic carbocycles. The fourth-order valence-corrected chi connectivity index (χ4v) is 4.19. The second-order valence-corrected chi connectivity index (χ2v) is 9.84. The highest BCUT2D eigenvalue weighted by Gasteiger charge is 2.30. The number of amides is 2. The third-order valence-corrected chi connectivity index (χ3v) is 6.37. The van der Waals surface area contributed by atoms with Gasteiger partial charge in [0.1, 0.15) is 12.6 Å². The van der Waals surface area contributed by atoms with Crippen molar-refractivity contribution >= 4 is 39.1 Å². The molecule has 2 aromatic rings. The third-order valence-electron chi connectivity index (χ3n) is 4.99. The smallest absolute Gasteiger partial charge is 0.244 e. The highest BCUT2D eigenvalue weighted by Crippen LogP contribution is 2.24. The summed E-state index contributed by atoms with van der Waals surface area (Å²) in [7, 11) is -2.26. The summed E-state index contributed by atoms with van der Waals surface area (Å²) >= 11 is 5.94. The van der Waals surface area contributed by atoms with Gasteiger partial charge in [0.2, 0.25) is 21.8 Å². The van der Waals surface area contributed by atoms with Gasteiger partial charge >= 0.3 is 0 Å². The molecule has 168 valence electrons. The average molecular weight is 466 g/mol. The molecule has 0 heterocycles. The molecule has 1 atom stereocenters. The molecule has 7 nitrogen and oxygen atoms in total. The molecule has 31 heavy (non-hydrogen) atoms. The number of carbonyl (C=O) groups is 2. The molecule has 1 unspecified atom stereocenters. The first-order chi connectivity index (χ1) is 14.4. The van der Waals surface area contributed by atoms with Crippen LogP contribution in [0.3, 0.4) is 0 Å². The lowest BCUT2D eigenvalue weighted by Gasteiger charge is -2.31. The maximum Gasteiger partial charge on any atom is 0.244 e. The van der Waals surface area contributed by atoms with Crippen molar-refractivity contribution in [2.45, 2.75) is 33.4 Å². The highest BCUT2D eigenvalue weighted by molar-refractivity contribution is 7.92. The van der Waals surface area contributed by atoms with Gasteiger partial charge in [0, 0.05) is 18.6 Å². The number of hydrogen-bond acceptors (Lipinski definition) is 4. The highest BCUT2D eigenvalue weighted by atomic mass is 35.5. The monoisotopic (exact) mass is 465 g/mol. The molecule has 0 fully saturated rings. The quantitative estimate of drug-likeness (QED) is 0.649. The first-order valence-electron chi connectivity index (χ1n) is 9.74. The van der Waals surface area contributed by atoms with Crippen LogP contribution in [0.1, 0.15) is 23.6 Å². The number of anilines is 1. The molecule has 0 aliphatic heterocycles. The lowest BCUT2D eigenvalue weighted by Crippen LogP contribution is -2.50. The maximum atomic E-state index is 13.3. The van der Waals surface area contributed by atoms with E-state index >= 15 is 0 Å². The van der Waals surface area contributed by atoms with Crippen LogP contribution in [-0.4, -0.2) is 51.0 Å². The Balaban J connectivity index is 2.42. The van der Waals surface area contributed by atoms with Crippen LogP contribution >= 0.6 is 11.6 Å². The van der Waals surface area contributed by atoms with Gasteiger partial charge in [-0.3, -0.25) is 13.9 Å². The number of aryl methyl sites for hydroxylation is 2. The number of carbonyl (C=O) groups excluding carboxylic acids is 2. The van der Waals surface area contributed by atoms with Gasteiger partial charge in [0.05, 0.1) is 11.9 Å². The van der Waals surface area contributed by atoms with E-state index in [9.17, 15) is 18.0 Å². The van der Waals surface area contributed by atoms with Crippen molar-refractivity contribution in [3.8, 4) is 0 Å². The van der Waals surface area contributed by atoms with E-state index in [1.165, 1.54) is 11.9 Å². The molecule has 0 radical (unpaired) electrons. The van der Waals surface area contributed by atoms with Gasteiger partial charge in [-0.1, -0.05) is 35.9 Å². The Morgan fingerprint density at radius 1 is 1.10 bits per heavy atom. The number of sulfonamides is 1. The van der Waals surface area contributed by atoms with E-state index in [0.29, 0.717) is 10.7 Å². The first-order valence-corrected chi connectivity index (χ1v) is 12.0. The normalized spacial score (nSPS) is 12.2. The Morgan fingerprint density at radius 3 is 2.26 bits per heavy atom. The number of benzene rings is 2. The molecular weight excluding hydrogens is 438 g/mol. The fourth-order valence-electron chi connectivity index (χ4n) is 3.16. The lowest BCUT2D eigenvalue weighted by atomic mass is 10.1. The number of halogens is 1. The van der Waals surface area contributed by atoms with Crippen molar-refractivity contribution in [3.63, 3.8) is 0 Å². The second-order valence-electron chi connectivity index (χ2n) is 7.50. The van der Waals surface area contributed by atoms with Gasteiger partial charge in [0.15, 0.2) is 0 Å². The average Bonchev–Trinajstić information content (AvgIpc) is 2.71. The summed E-state index contributed by atoms with van der Waals surface area (Å²) < 4.78 is 26.2. The van der Waals surface area contributed by atoms with E-state index in [0.717, 1.165) is 27.3 Å². The Labute approximate surface area is 189 Å². The van der Waals surface area contributed by atoms with Crippen LogP contribution in [0.15, 0.2) is 42.5 Å². The van der Waals surface area contributed by atoms with E-state index < -0.39 is 28.5 Å². The summed E-state index contributed by atoms with van der Waals surface area (Å²) in [4.78, 5) is 27.0. The topological polar surface area (TPSA) is 86.8 Å². The minimum absolute atomic E-state index is 0.134. The fraction of sp³-hybridized carbons (Fsp3) is 0.364. The molecule has 0 spiro atoms. The minimum Gasteiger partial charge on any atom is -0.357 e. The van der Waals surface area contributed by atoms with Crippen LogP contribution in [0.25, 0.3) is 0 Å². The molecule has 1 N–H and O–H groups in total. The van der Waals surface area contributed by atoms with E-state index in [4.69, 9.17) is 11.6 Å². The maximum absolute atomic E-state index is 13.3. The van der Waals surface area contributed by atoms with E-state index in [-0.39, 0.29) is 12.5 Å². The van der Waals surface area contributed by atoms with Gasteiger partial charge < -0.3 is 10.2 Å². The number of rotatable bonds is 8. The van der Waals surface area contributed by atoms with Gasteiger partial charge in [-0.05, 0) is 55.7 Å². The molecule has 2 rings (SSSR count). The van der Waals surface area contributed by atoms with Crippen LogP contribution in [0.5, 0.6) is 0 Å². The van der Waals surface area contributed by atoms with Crippen molar-refractivity contribution in [2.24, 2.45) is 0 Å². The Hall–Kier alpha value is -2.58. The summed E-state index contributed by atoms with van der Waals surface area (Å²) in [6, 6.07) is 11.5. The van der Waals surface area contributed by atoms with E-state index in [1.807, 2.05) is 19.1 Å². The third kappa shape index (κ3) is 6.45. The van der Waals surface area contributed by atoms with Crippen LogP contribution in [-0.2, 0) is 26.2 Å². The molecule has 0 aliphatic rings. The van der Waals surface area contributed by atoms with Crippen LogP contribution in [0.2, 0.25) is 5.02 Å². The molecule has 0 saturated heterocycles. The largest absolute Gasteiger partial charge is 0.357 e. The molecule has 2 amide bonds. The number of nitrogens with one attached hydrogen (secondary N) is 1. The van der Waals surface area contributed by atoms with Crippen molar-refractivity contribution in [3.05, 3.63) is 64.2 Å². The van der Waals surface area contributed by atoms with Crippen LogP contribution < -0.4 is 9.62 Å². The predicted octanol–water partition coefficient (Wildman–Crippen LogP) is 2.89. The SMILES string of the molecule is CNC(=O)C(C)N(Cc1ccc(Cl)cc1)C(=O)CN(c1cc(C)ccc1C)S(C)(=O)=O. The molecule has 9 heteroatoms. The summed E-state index contributed by atoms with van der Waals surface area (Å²) in [5.41, 5.74) is 2.81. The van der Waals surface area contributed by atoms with Crippen LogP contribution in [0, 0.1) is 13.8 Å². The second kappa shape index (κ2) is 10.2. The van der Waals surface area contributed by atoms with Crippen LogP contribution in [0.4, 0.5) is 5.69 Å². The van der Waals surface area contributed by atoms with Gasteiger partial charge in [-0.25, -0.2) is 8.42 Å².